The molecule has 0 aliphatic carbocycles. The number of esters is 1. The van der Waals surface area contributed by atoms with Crippen LogP contribution in [0.4, 0.5) is 10.1 Å². The molecule has 0 saturated carbocycles. The molecule has 0 amide bonds. The molecule has 0 bridgehead atoms. The topological polar surface area (TPSA) is 38.3 Å². The first-order chi connectivity index (χ1) is 10.1. The van der Waals surface area contributed by atoms with Crippen LogP contribution < -0.4 is 5.32 Å². The maximum Gasteiger partial charge on any atom is 0.333 e. The first-order valence-corrected chi connectivity index (χ1v) is 6.92. The predicted molar refractivity (Wildman–Crippen MR) is 80.8 cm³/mol. The van der Waals surface area contributed by atoms with Crippen molar-refractivity contribution in [2.75, 3.05) is 11.9 Å². The summed E-state index contributed by atoms with van der Waals surface area (Å²) in [4.78, 5) is 12.1. The van der Waals surface area contributed by atoms with E-state index in [1.165, 1.54) is 12.1 Å². The zero-order valence-electron chi connectivity index (χ0n) is 11.5. The molecule has 0 radical (unpaired) electrons. The standard InChI is InChI=1S/C16H15ClFNO2/c1-2-21-16(20)15(19-12-6-4-3-5-7-12)11-8-9-13(17)14(18)10-11/h3-10,15,19H,2H2,1H3. The van der Waals surface area contributed by atoms with Gasteiger partial charge in [0.2, 0.25) is 0 Å². The number of hydrogen-bond donors (Lipinski definition) is 1. The van der Waals surface area contributed by atoms with E-state index in [0.29, 0.717) is 5.56 Å². The van der Waals surface area contributed by atoms with E-state index in [0.717, 1.165) is 5.69 Å². The van der Waals surface area contributed by atoms with Crippen molar-refractivity contribution < 1.29 is 13.9 Å². The van der Waals surface area contributed by atoms with E-state index >= 15 is 0 Å². The van der Waals surface area contributed by atoms with Gasteiger partial charge in [0, 0.05) is 5.69 Å². The van der Waals surface area contributed by atoms with Crippen LogP contribution in [0.5, 0.6) is 0 Å². The van der Waals surface area contributed by atoms with E-state index in [-0.39, 0.29) is 11.6 Å². The molecule has 110 valence electrons. The highest BCUT2D eigenvalue weighted by Crippen LogP contribution is 2.24. The van der Waals surface area contributed by atoms with Crippen molar-refractivity contribution in [1.82, 2.24) is 0 Å². The van der Waals surface area contributed by atoms with Gasteiger partial charge >= 0.3 is 5.97 Å². The molecular formula is C16H15ClFNO2. The zero-order valence-corrected chi connectivity index (χ0v) is 12.2. The minimum absolute atomic E-state index is 0.0149. The van der Waals surface area contributed by atoms with Crippen molar-refractivity contribution in [3.05, 3.63) is 64.9 Å². The summed E-state index contributed by atoms with van der Waals surface area (Å²) in [5.41, 5.74) is 1.20. The molecule has 2 aromatic carbocycles. The molecule has 3 nitrogen and oxygen atoms in total. The Bertz CT molecular complexity index is 619. The van der Waals surface area contributed by atoms with Crippen molar-refractivity contribution in [3.63, 3.8) is 0 Å². The summed E-state index contributed by atoms with van der Waals surface area (Å²) < 4.78 is 18.7. The summed E-state index contributed by atoms with van der Waals surface area (Å²) in [6.45, 7) is 1.97. The molecule has 1 unspecified atom stereocenters. The Labute approximate surface area is 127 Å². The van der Waals surface area contributed by atoms with Crippen molar-refractivity contribution in [2.45, 2.75) is 13.0 Å². The number of halogens is 2. The Hall–Kier alpha value is -2.07. The average molecular weight is 308 g/mol. The van der Waals surface area contributed by atoms with Gasteiger partial charge in [-0.25, -0.2) is 9.18 Å². The van der Waals surface area contributed by atoms with Crippen LogP contribution in [0.2, 0.25) is 5.02 Å². The maximum absolute atomic E-state index is 13.6. The van der Waals surface area contributed by atoms with Crippen LogP contribution in [0, 0.1) is 5.82 Å². The van der Waals surface area contributed by atoms with Crippen molar-refractivity contribution in [3.8, 4) is 0 Å². The van der Waals surface area contributed by atoms with Crippen LogP contribution in [0.1, 0.15) is 18.5 Å². The van der Waals surface area contributed by atoms with Crippen LogP contribution in [0.25, 0.3) is 0 Å². The normalized spacial score (nSPS) is 11.8. The molecule has 0 aromatic heterocycles. The second kappa shape index (κ2) is 7.09. The molecule has 21 heavy (non-hydrogen) atoms. The van der Waals surface area contributed by atoms with Crippen LogP contribution in [0.15, 0.2) is 48.5 Å². The lowest BCUT2D eigenvalue weighted by Gasteiger charge is -2.19. The fraction of sp³-hybridized carbons (Fsp3) is 0.188. The predicted octanol–water partition coefficient (Wildman–Crippen LogP) is 4.20. The van der Waals surface area contributed by atoms with Gasteiger partial charge in [-0.1, -0.05) is 35.9 Å². The Balaban J connectivity index is 2.31. The fourth-order valence-corrected chi connectivity index (χ4v) is 2.01. The Kier molecular flexibility index (Phi) is 5.17. The summed E-state index contributed by atoms with van der Waals surface area (Å²) in [7, 11) is 0. The lowest BCUT2D eigenvalue weighted by molar-refractivity contribution is -0.144. The summed E-state index contributed by atoms with van der Waals surface area (Å²) in [5, 5.41) is 3.06. The van der Waals surface area contributed by atoms with Gasteiger partial charge in [-0.05, 0) is 36.8 Å². The second-order valence-electron chi connectivity index (χ2n) is 4.37. The Morgan fingerprint density at radius 3 is 2.62 bits per heavy atom. The summed E-state index contributed by atoms with van der Waals surface area (Å²) in [6, 6.07) is 12.6. The van der Waals surface area contributed by atoms with Crippen molar-refractivity contribution in [2.24, 2.45) is 0 Å². The molecule has 0 saturated heterocycles. The van der Waals surface area contributed by atoms with E-state index in [4.69, 9.17) is 16.3 Å². The van der Waals surface area contributed by atoms with Gasteiger partial charge in [0.25, 0.3) is 0 Å². The summed E-state index contributed by atoms with van der Waals surface area (Å²) in [6.07, 6.45) is 0. The number of benzene rings is 2. The third kappa shape index (κ3) is 3.95. The molecule has 0 heterocycles. The number of nitrogens with one attached hydrogen (secondary N) is 1. The van der Waals surface area contributed by atoms with Gasteiger partial charge < -0.3 is 10.1 Å². The molecule has 0 fully saturated rings. The van der Waals surface area contributed by atoms with Crippen LogP contribution in [-0.4, -0.2) is 12.6 Å². The van der Waals surface area contributed by atoms with Crippen LogP contribution in [0.3, 0.4) is 0 Å². The molecule has 2 aromatic rings. The van der Waals surface area contributed by atoms with E-state index in [1.807, 2.05) is 30.3 Å². The van der Waals surface area contributed by atoms with Crippen molar-refractivity contribution in [1.29, 1.82) is 0 Å². The molecule has 1 N–H and O–H groups in total. The van der Waals surface area contributed by atoms with E-state index in [1.54, 1.807) is 13.0 Å². The number of ether oxygens (including phenoxy) is 1. The first-order valence-electron chi connectivity index (χ1n) is 6.55. The molecular weight excluding hydrogens is 293 g/mol. The van der Waals surface area contributed by atoms with Gasteiger partial charge in [0.15, 0.2) is 6.04 Å². The highest BCUT2D eigenvalue weighted by molar-refractivity contribution is 6.30. The Morgan fingerprint density at radius 1 is 1.29 bits per heavy atom. The first kappa shape index (κ1) is 15.3. The Morgan fingerprint density at radius 2 is 2.00 bits per heavy atom. The summed E-state index contributed by atoms with van der Waals surface area (Å²) >= 11 is 5.67. The van der Waals surface area contributed by atoms with E-state index in [2.05, 4.69) is 5.32 Å². The molecule has 0 aliphatic rings. The fourth-order valence-electron chi connectivity index (χ4n) is 1.90. The SMILES string of the molecule is CCOC(=O)C(Nc1ccccc1)c1ccc(Cl)c(F)c1. The van der Waals surface area contributed by atoms with Gasteiger partial charge in [-0.15, -0.1) is 0 Å². The van der Waals surface area contributed by atoms with Gasteiger partial charge in [-0.2, -0.15) is 0 Å². The molecule has 2 rings (SSSR count). The van der Waals surface area contributed by atoms with Gasteiger partial charge in [0.05, 0.1) is 11.6 Å². The lowest BCUT2D eigenvalue weighted by atomic mass is 10.1. The minimum atomic E-state index is -0.792. The monoisotopic (exact) mass is 307 g/mol. The molecule has 0 spiro atoms. The minimum Gasteiger partial charge on any atom is -0.464 e. The van der Waals surface area contributed by atoms with E-state index in [9.17, 15) is 9.18 Å². The third-order valence-corrected chi connectivity index (χ3v) is 3.19. The number of carbonyl (C=O) groups is 1. The van der Waals surface area contributed by atoms with Gasteiger partial charge in [-0.3, -0.25) is 0 Å². The summed E-state index contributed by atoms with van der Waals surface area (Å²) in [5.74, 6) is -1.04. The number of carbonyl (C=O) groups excluding carboxylic acids is 1. The number of anilines is 1. The second-order valence-corrected chi connectivity index (χ2v) is 4.78. The highest BCUT2D eigenvalue weighted by Gasteiger charge is 2.22. The lowest BCUT2D eigenvalue weighted by Crippen LogP contribution is -2.23. The number of para-hydroxylation sites is 1. The van der Waals surface area contributed by atoms with Crippen molar-refractivity contribution >= 4 is 23.3 Å². The zero-order chi connectivity index (χ0) is 15.2. The number of rotatable bonds is 5. The molecule has 1 atom stereocenters. The maximum atomic E-state index is 13.6. The quantitative estimate of drug-likeness (QED) is 0.842. The highest BCUT2D eigenvalue weighted by atomic mass is 35.5. The third-order valence-electron chi connectivity index (χ3n) is 2.88. The van der Waals surface area contributed by atoms with E-state index < -0.39 is 17.8 Å². The smallest absolute Gasteiger partial charge is 0.333 e. The van der Waals surface area contributed by atoms with Gasteiger partial charge in [0.1, 0.15) is 5.82 Å². The van der Waals surface area contributed by atoms with Crippen LogP contribution >= 0.6 is 11.6 Å². The molecule has 0 aliphatic heterocycles. The largest absolute Gasteiger partial charge is 0.464 e. The van der Waals surface area contributed by atoms with Crippen LogP contribution in [-0.2, 0) is 9.53 Å². The molecule has 5 heteroatoms. The number of hydrogen-bond acceptors (Lipinski definition) is 3. The average Bonchev–Trinajstić information content (AvgIpc) is 2.49.